The highest BCUT2D eigenvalue weighted by molar-refractivity contribution is 6.58. The SMILES string of the molecule is OB(O)c1ccc(COCC2CCCCC2)c(F)c1. The summed E-state index contributed by atoms with van der Waals surface area (Å²) in [5.74, 6) is 0.157. The van der Waals surface area contributed by atoms with Crippen LogP contribution in [0.25, 0.3) is 0 Å². The maximum atomic E-state index is 13.7. The van der Waals surface area contributed by atoms with Crippen LogP contribution in [0.4, 0.5) is 4.39 Å². The molecule has 2 rings (SSSR count). The van der Waals surface area contributed by atoms with Crippen molar-refractivity contribution in [2.45, 2.75) is 38.7 Å². The van der Waals surface area contributed by atoms with E-state index in [4.69, 9.17) is 14.8 Å². The van der Waals surface area contributed by atoms with Gasteiger partial charge in [0.2, 0.25) is 0 Å². The molecule has 5 heteroatoms. The Balaban J connectivity index is 1.82. The molecule has 0 unspecified atom stereocenters. The van der Waals surface area contributed by atoms with E-state index in [0.29, 0.717) is 18.1 Å². The lowest BCUT2D eigenvalue weighted by atomic mass is 9.80. The minimum absolute atomic E-state index is 0.161. The first-order valence-electron chi connectivity index (χ1n) is 6.89. The predicted molar refractivity (Wildman–Crippen MR) is 72.5 cm³/mol. The van der Waals surface area contributed by atoms with Crippen molar-refractivity contribution in [2.24, 2.45) is 5.92 Å². The van der Waals surface area contributed by atoms with Gasteiger partial charge in [0.25, 0.3) is 0 Å². The largest absolute Gasteiger partial charge is 0.488 e. The summed E-state index contributed by atoms with van der Waals surface area (Å²) < 4.78 is 19.2. The van der Waals surface area contributed by atoms with Gasteiger partial charge in [0.1, 0.15) is 5.82 Å². The molecule has 1 aromatic rings. The number of benzene rings is 1. The fraction of sp³-hybridized carbons (Fsp3) is 0.571. The lowest BCUT2D eigenvalue weighted by Gasteiger charge is -2.21. The molecule has 0 atom stereocenters. The van der Waals surface area contributed by atoms with E-state index < -0.39 is 12.9 Å². The van der Waals surface area contributed by atoms with E-state index in [1.54, 1.807) is 6.07 Å². The molecule has 2 N–H and O–H groups in total. The van der Waals surface area contributed by atoms with Gasteiger partial charge in [-0.2, -0.15) is 0 Å². The second-order valence-electron chi connectivity index (χ2n) is 5.24. The molecule has 0 amide bonds. The number of hydrogen-bond donors (Lipinski definition) is 2. The minimum atomic E-state index is -1.63. The molecule has 104 valence electrons. The standard InChI is InChI=1S/C14H20BFO3/c16-14-8-13(15(17)18)7-6-12(14)10-19-9-11-4-2-1-3-5-11/h6-8,11,17-18H,1-5,9-10H2. The highest BCUT2D eigenvalue weighted by atomic mass is 19.1. The third-order valence-corrected chi connectivity index (χ3v) is 3.71. The van der Waals surface area contributed by atoms with Crippen molar-refractivity contribution in [3.8, 4) is 0 Å². The topological polar surface area (TPSA) is 49.7 Å². The second-order valence-corrected chi connectivity index (χ2v) is 5.24. The molecule has 0 spiro atoms. The average molecular weight is 266 g/mol. The molecule has 1 aliphatic carbocycles. The summed E-state index contributed by atoms with van der Waals surface area (Å²) >= 11 is 0. The second kappa shape index (κ2) is 7.03. The Bertz CT molecular complexity index is 406. The molecule has 0 saturated heterocycles. The van der Waals surface area contributed by atoms with Gasteiger partial charge < -0.3 is 14.8 Å². The Kier molecular flexibility index (Phi) is 5.37. The fourth-order valence-corrected chi connectivity index (χ4v) is 2.53. The molecule has 0 heterocycles. The Hall–Kier alpha value is -0.905. The summed E-state index contributed by atoms with van der Waals surface area (Å²) in [6.07, 6.45) is 6.27. The van der Waals surface area contributed by atoms with E-state index in [2.05, 4.69) is 0 Å². The van der Waals surface area contributed by atoms with Gasteiger partial charge in [-0.3, -0.25) is 0 Å². The van der Waals surface area contributed by atoms with Gasteiger partial charge in [-0.05, 0) is 30.3 Å². The third kappa shape index (κ3) is 4.30. The molecule has 0 aliphatic heterocycles. The summed E-state index contributed by atoms with van der Waals surface area (Å²) in [5, 5.41) is 17.9. The van der Waals surface area contributed by atoms with Crippen LogP contribution >= 0.6 is 0 Å². The van der Waals surface area contributed by atoms with E-state index in [-0.39, 0.29) is 12.1 Å². The highest BCUT2D eigenvalue weighted by Gasteiger charge is 2.15. The van der Waals surface area contributed by atoms with Crippen LogP contribution in [-0.2, 0) is 11.3 Å². The van der Waals surface area contributed by atoms with Gasteiger partial charge in [-0.1, -0.05) is 31.4 Å². The van der Waals surface area contributed by atoms with Gasteiger partial charge in [0.15, 0.2) is 0 Å². The van der Waals surface area contributed by atoms with Crippen molar-refractivity contribution >= 4 is 12.6 Å². The van der Waals surface area contributed by atoms with Crippen molar-refractivity contribution in [2.75, 3.05) is 6.61 Å². The van der Waals surface area contributed by atoms with Crippen molar-refractivity contribution in [1.29, 1.82) is 0 Å². The summed E-state index contributed by atoms with van der Waals surface area (Å²) in [4.78, 5) is 0. The molecule has 3 nitrogen and oxygen atoms in total. The van der Waals surface area contributed by atoms with Crippen LogP contribution in [0, 0.1) is 11.7 Å². The Morgan fingerprint density at radius 1 is 1.21 bits per heavy atom. The van der Waals surface area contributed by atoms with E-state index in [1.807, 2.05) is 0 Å². The van der Waals surface area contributed by atoms with Crippen molar-refractivity contribution in [1.82, 2.24) is 0 Å². The van der Waals surface area contributed by atoms with Crippen molar-refractivity contribution in [3.05, 3.63) is 29.6 Å². The molecule has 19 heavy (non-hydrogen) atoms. The van der Waals surface area contributed by atoms with E-state index >= 15 is 0 Å². The third-order valence-electron chi connectivity index (χ3n) is 3.71. The smallest absolute Gasteiger partial charge is 0.423 e. The molecule has 1 aromatic carbocycles. The zero-order chi connectivity index (χ0) is 13.7. The Labute approximate surface area is 113 Å². The molecule has 1 aliphatic rings. The number of rotatable bonds is 5. The fourth-order valence-electron chi connectivity index (χ4n) is 2.53. The molecular formula is C14H20BFO3. The van der Waals surface area contributed by atoms with E-state index in [0.717, 1.165) is 6.07 Å². The lowest BCUT2D eigenvalue weighted by molar-refractivity contribution is 0.0723. The van der Waals surface area contributed by atoms with Crippen LogP contribution in [0.2, 0.25) is 0 Å². The van der Waals surface area contributed by atoms with Crippen LogP contribution in [0.5, 0.6) is 0 Å². The van der Waals surface area contributed by atoms with Crippen LogP contribution in [-0.4, -0.2) is 23.8 Å². The van der Waals surface area contributed by atoms with E-state index in [1.165, 1.54) is 38.2 Å². The summed E-state index contributed by atoms with van der Waals surface area (Å²) in [6, 6.07) is 4.20. The quantitative estimate of drug-likeness (QED) is 0.796. The number of halogens is 1. The van der Waals surface area contributed by atoms with Gasteiger partial charge in [0.05, 0.1) is 6.61 Å². The van der Waals surface area contributed by atoms with Crippen molar-refractivity contribution in [3.63, 3.8) is 0 Å². The zero-order valence-corrected chi connectivity index (χ0v) is 11.0. The number of hydrogen-bond acceptors (Lipinski definition) is 3. The van der Waals surface area contributed by atoms with Gasteiger partial charge in [-0.15, -0.1) is 0 Å². The Morgan fingerprint density at radius 3 is 2.58 bits per heavy atom. The molecule has 1 fully saturated rings. The van der Waals surface area contributed by atoms with Crippen LogP contribution in [0.15, 0.2) is 18.2 Å². The normalized spacial score (nSPS) is 16.6. The summed E-state index contributed by atoms with van der Waals surface area (Å²) in [7, 11) is -1.63. The lowest BCUT2D eigenvalue weighted by Crippen LogP contribution is -2.30. The van der Waals surface area contributed by atoms with Gasteiger partial charge in [-0.25, -0.2) is 4.39 Å². The predicted octanol–water partition coefficient (Wildman–Crippen LogP) is 1.60. The average Bonchev–Trinajstić information content (AvgIpc) is 2.41. The Morgan fingerprint density at radius 2 is 1.95 bits per heavy atom. The number of ether oxygens (including phenoxy) is 1. The molecule has 0 aromatic heterocycles. The van der Waals surface area contributed by atoms with Gasteiger partial charge >= 0.3 is 7.12 Å². The summed E-state index contributed by atoms with van der Waals surface area (Å²) in [6.45, 7) is 0.925. The van der Waals surface area contributed by atoms with Crippen LogP contribution < -0.4 is 5.46 Å². The molecular weight excluding hydrogens is 246 g/mol. The highest BCUT2D eigenvalue weighted by Crippen LogP contribution is 2.24. The van der Waals surface area contributed by atoms with E-state index in [9.17, 15) is 4.39 Å². The first kappa shape index (κ1) is 14.5. The van der Waals surface area contributed by atoms with Crippen molar-refractivity contribution < 1.29 is 19.2 Å². The first-order valence-corrected chi connectivity index (χ1v) is 6.89. The maximum Gasteiger partial charge on any atom is 0.488 e. The summed E-state index contributed by atoms with van der Waals surface area (Å²) in [5.41, 5.74) is 0.619. The maximum absolute atomic E-state index is 13.7. The molecule has 0 bridgehead atoms. The van der Waals surface area contributed by atoms with Gasteiger partial charge in [0, 0.05) is 12.2 Å². The minimum Gasteiger partial charge on any atom is -0.423 e. The van der Waals surface area contributed by atoms with Crippen LogP contribution in [0.1, 0.15) is 37.7 Å². The molecule has 0 radical (unpaired) electrons. The molecule has 1 saturated carbocycles. The van der Waals surface area contributed by atoms with Crippen LogP contribution in [0.3, 0.4) is 0 Å². The zero-order valence-electron chi connectivity index (χ0n) is 11.0. The first-order chi connectivity index (χ1) is 9.16. The monoisotopic (exact) mass is 266 g/mol.